The van der Waals surface area contributed by atoms with Gasteiger partial charge in [0.25, 0.3) is 0 Å². The van der Waals surface area contributed by atoms with Gasteiger partial charge in [0.1, 0.15) is 10.8 Å². The molecule has 0 aliphatic rings. The molecule has 2 N–H and O–H groups in total. The number of carbonyl (C=O) groups excluding carboxylic acids is 1. The van der Waals surface area contributed by atoms with Crippen LogP contribution in [-0.4, -0.2) is 28.6 Å². The highest BCUT2D eigenvalue weighted by Crippen LogP contribution is 2.21. The first-order valence-electron chi connectivity index (χ1n) is 8.93. The van der Waals surface area contributed by atoms with Crippen LogP contribution in [0.15, 0.2) is 42.5 Å². The van der Waals surface area contributed by atoms with E-state index in [9.17, 15) is 4.79 Å². The molecule has 1 aromatic heterocycles. The molecule has 29 heavy (non-hydrogen) atoms. The number of hydrogen-bond acceptors (Lipinski definition) is 6. The van der Waals surface area contributed by atoms with Crippen LogP contribution in [0.1, 0.15) is 16.1 Å². The fraction of sp³-hybridized carbons (Fsp3) is 0.250. The monoisotopic (exact) mass is 448 g/mol. The van der Waals surface area contributed by atoms with Gasteiger partial charge in [-0.15, -0.1) is 10.2 Å². The molecule has 0 fully saturated rings. The lowest BCUT2D eigenvalue weighted by molar-refractivity contribution is 0.262. The Labute approximate surface area is 183 Å². The molecule has 0 spiro atoms. The Morgan fingerprint density at radius 2 is 1.90 bits per heavy atom. The summed E-state index contributed by atoms with van der Waals surface area (Å²) < 4.78 is 5.65. The molecular formula is C20H21ClN4O2S2. The molecule has 0 aliphatic carbocycles. The number of halogens is 1. The third kappa shape index (κ3) is 6.92. The second-order valence-corrected chi connectivity index (χ2v) is 8.84. The van der Waals surface area contributed by atoms with Crippen LogP contribution in [0.3, 0.4) is 0 Å². The van der Waals surface area contributed by atoms with Crippen molar-refractivity contribution in [2.24, 2.45) is 0 Å². The molecule has 0 atom stereocenters. The highest BCUT2D eigenvalue weighted by Gasteiger charge is 2.09. The van der Waals surface area contributed by atoms with E-state index >= 15 is 0 Å². The predicted octanol–water partition coefficient (Wildman–Crippen LogP) is 5.76. The van der Waals surface area contributed by atoms with Crippen LogP contribution in [0, 0.1) is 13.8 Å². The highest BCUT2D eigenvalue weighted by atomic mass is 35.5. The molecule has 2 amide bonds. The summed E-state index contributed by atoms with van der Waals surface area (Å²) in [5.41, 5.74) is 3.05. The minimum Gasteiger partial charge on any atom is -0.493 e. The van der Waals surface area contributed by atoms with Crippen molar-refractivity contribution >= 4 is 51.5 Å². The topological polar surface area (TPSA) is 76.1 Å². The lowest BCUT2D eigenvalue weighted by Crippen LogP contribution is -2.19. The summed E-state index contributed by atoms with van der Waals surface area (Å²) in [6.45, 7) is 4.63. The molecule has 2 aromatic carbocycles. The average Bonchev–Trinajstić information content (AvgIpc) is 3.13. The van der Waals surface area contributed by atoms with Crippen LogP contribution >= 0.6 is 34.7 Å². The molecule has 152 valence electrons. The smallest absolute Gasteiger partial charge is 0.325 e. The number of carbonyl (C=O) groups is 1. The molecule has 0 saturated heterocycles. The van der Waals surface area contributed by atoms with E-state index < -0.39 is 0 Å². The molecule has 9 heteroatoms. The van der Waals surface area contributed by atoms with E-state index in [0.717, 1.165) is 27.8 Å². The van der Waals surface area contributed by atoms with Gasteiger partial charge in [-0.1, -0.05) is 29.0 Å². The number of ether oxygens (including phenoxy) is 1. The van der Waals surface area contributed by atoms with Crippen LogP contribution < -0.4 is 15.4 Å². The maximum absolute atomic E-state index is 12.1. The third-order valence-electron chi connectivity index (χ3n) is 3.99. The fourth-order valence-corrected chi connectivity index (χ4v) is 4.07. The first kappa shape index (κ1) is 21.4. The Morgan fingerprint density at radius 3 is 2.66 bits per heavy atom. The van der Waals surface area contributed by atoms with Crippen LogP contribution in [0.2, 0.25) is 5.02 Å². The first-order chi connectivity index (χ1) is 14.0. The van der Waals surface area contributed by atoms with Crippen LogP contribution in [0.4, 0.5) is 15.6 Å². The van der Waals surface area contributed by atoms with Gasteiger partial charge in [0.2, 0.25) is 5.13 Å². The number of thioether (sulfide) groups is 1. The van der Waals surface area contributed by atoms with Crippen molar-refractivity contribution in [1.82, 2.24) is 10.2 Å². The van der Waals surface area contributed by atoms with E-state index in [-0.39, 0.29) is 6.03 Å². The number of hydrogen-bond donors (Lipinski definition) is 2. The van der Waals surface area contributed by atoms with Gasteiger partial charge < -0.3 is 10.1 Å². The molecule has 0 bridgehead atoms. The predicted molar refractivity (Wildman–Crippen MR) is 122 cm³/mol. The number of nitrogens with one attached hydrogen (secondary N) is 2. The van der Waals surface area contributed by atoms with Crippen LogP contribution in [-0.2, 0) is 5.75 Å². The third-order valence-corrected chi connectivity index (χ3v) is 6.19. The fourth-order valence-electron chi connectivity index (χ4n) is 2.35. The van der Waals surface area contributed by atoms with E-state index in [1.165, 1.54) is 16.9 Å². The van der Waals surface area contributed by atoms with Crippen molar-refractivity contribution in [1.29, 1.82) is 0 Å². The van der Waals surface area contributed by atoms with Crippen molar-refractivity contribution in [3.63, 3.8) is 0 Å². The Bertz CT molecular complexity index is 963. The molecular weight excluding hydrogens is 428 g/mol. The van der Waals surface area contributed by atoms with E-state index in [0.29, 0.717) is 22.5 Å². The van der Waals surface area contributed by atoms with Gasteiger partial charge >= 0.3 is 6.03 Å². The Kier molecular flexibility index (Phi) is 7.74. The zero-order valence-corrected chi connectivity index (χ0v) is 18.5. The summed E-state index contributed by atoms with van der Waals surface area (Å²) in [7, 11) is 0. The van der Waals surface area contributed by atoms with E-state index in [1.807, 2.05) is 44.2 Å². The van der Waals surface area contributed by atoms with Gasteiger partial charge in [-0.3, -0.25) is 5.32 Å². The van der Waals surface area contributed by atoms with Crippen LogP contribution in [0.25, 0.3) is 0 Å². The summed E-state index contributed by atoms with van der Waals surface area (Å²) in [6, 6.07) is 12.7. The van der Waals surface area contributed by atoms with Crippen molar-refractivity contribution in [2.75, 3.05) is 23.0 Å². The number of aromatic nitrogens is 2. The van der Waals surface area contributed by atoms with Crippen molar-refractivity contribution in [3.8, 4) is 5.75 Å². The lowest BCUT2D eigenvalue weighted by Gasteiger charge is -2.07. The maximum atomic E-state index is 12.1. The molecule has 1 heterocycles. The molecule has 0 saturated carbocycles. The number of benzene rings is 2. The summed E-state index contributed by atoms with van der Waals surface area (Å²) >= 11 is 8.91. The summed E-state index contributed by atoms with van der Waals surface area (Å²) in [4.78, 5) is 12.1. The molecule has 0 aliphatic heterocycles. The number of rotatable bonds is 8. The van der Waals surface area contributed by atoms with Crippen molar-refractivity contribution in [2.45, 2.75) is 19.6 Å². The highest BCUT2D eigenvalue weighted by molar-refractivity contribution is 7.98. The summed E-state index contributed by atoms with van der Waals surface area (Å²) in [5, 5.41) is 15.7. The van der Waals surface area contributed by atoms with E-state index in [2.05, 4.69) is 20.8 Å². The van der Waals surface area contributed by atoms with Gasteiger partial charge in [0.15, 0.2) is 0 Å². The molecule has 0 unspecified atom stereocenters. The van der Waals surface area contributed by atoms with Gasteiger partial charge in [-0.2, -0.15) is 11.8 Å². The minimum absolute atomic E-state index is 0.333. The minimum atomic E-state index is -0.333. The van der Waals surface area contributed by atoms with E-state index in [4.69, 9.17) is 16.3 Å². The number of nitrogens with zero attached hydrogens (tertiary/aromatic N) is 2. The number of amides is 2. The van der Waals surface area contributed by atoms with Crippen LogP contribution in [0.5, 0.6) is 5.75 Å². The number of anilines is 2. The number of urea groups is 1. The largest absolute Gasteiger partial charge is 0.493 e. The Hall–Kier alpha value is -2.29. The molecule has 0 radical (unpaired) electrons. The second kappa shape index (κ2) is 10.5. The lowest BCUT2D eigenvalue weighted by atomic mass is 10.1. The Morgan fingerprint density at radius 1 is 1.10 bits per heavy atom. The molecule has 3 rings (SSSR count). The first-order valence-corrected chi connectivity index (χ1v) is 11.3. The number of aryl methyl sites for hydroxylation is 2. The van der Waals surface area contributed by atoms with E-state index in [1.54, 1.807) is 23.9 Å². The standard InChI is InChI=1S/C20H21ClN4O2S2/c1-13-3-6-16(11-14(13)2)22-19(26)23-20-25-24-18(29-20)12-28-10-9-27-17-7-4-15(21)5-8-17/h3-8,11H,9-10,12H2,1-2H3,(H2,22,23,25,26). The average molecular weight is 449 g/mol. The van der Waals surface area contributed by atoms with Gasteiger partial charge in [-0.05, 0) is 61.4 Å². The zero-order chi connectivity index (χ0) is 20.6. The molecule has 6 nitrogen and oxygen atoms in total. The van der Waals surface area contributed by atoms with Gasteiger partial charge in [-0.25, -0.2) is 4.79 Å². The summed E-state index contributed by atoms with van der Waals surface area (Å²) in [6.07, 6.45) is 0. The normalized spacial score (nSPS) is 10.6. The zero-order valence-electron chi connectivity index (χ0n) is 16.1. The van der Waals surface area contributed by atoms with Crippen molar-refractivity contribution < 1.29 is 9.53 Å². The van der Waals surface area contributed by atoms with Crippen molar-refractivity contribution in [3.05, 3.63) is 63.6 Å². The van der Waals surface area contributed by atoms with Gasteiger partial charge in [0.05, 0.1) is 6.61 Å². The summed E-state index contributed by atoms with van der Waals surface area (Å²) in [5.74, 6) is 2.33. The Balaban J connectivity index is 1.38. The van der Waals surface area contributed by atoms with Gasteiger partial charge in [0, 0.05) is 22.2 Å². The quantitative estimate of drug-likeness (QED) is 0.428. The SMILES string of the molecule is Cc1ccc(NC(=O)Nc2nnc(CSCCOc3ccc(Cl)cc3)s2)cc1C. The maximum Gasteiger partial charge on any atom is 0.325 e. The second-order valence-electron chi connectivity index (χ2n) is 6.23. The molecule has 3 aromatic rings.